The van der Waals surface area contributed by atoms with Crippen LogP contribution < -0.4 is 14.8 Å². The lowest BCUT2D eigenvalue weighted by molar-refractivity contribution is 0.102. The highest BCUT2D eigenvalue weighted by Crippen LogP contribution is 2.27. The van der Waals surface area contributed by atoms with E-state index < -0.39 is 15.9 Å². The largest absolute Gasteiger partial charge is 0.489 e. The Bertz CT molecular complexity index is 985. The lowest BCUT2D eigenvalue weighted by Crippen LogP contribution is -2.24. The topological polar surface area (TPSA) is 97.4 Å². The number of hydrogen-bond donors (Lipinski definition) is 2. The summed E-state index contributed by atoms with van der Waals surface area (Å²) in [5.74, 6) is 0.883. The van der Waals surface area contributed by atoms with Gasteiger partial charge in [0.05, 0.1) is 11.5 Å². The number of carbonyl (C=O) groups excluding carboxylic acids is 1. The van der Waals surface area contributed by atoms with Crippen LogP contribution in [-0.4, -0.2) is 32.5 Å². The minimum Gasteiger partial charge on any atom is -0.489 e. The molecular formula is C22H27N3O4S. The first-order chi connectivity index (χ1) is 14.5. The average Bonchev–Trinajstić information content (AvgIpc) is 2.78. The number of aromatic nitrogens is 1. The average molecular weight is 430 g/mol. The summed E-state index contributed by atoms with van der Waals surface area (Å²) in [5, 5.41) is 2.73. The van der Waals surface area contributed by atoms with Crippen molar-refractivity contribution in [3.8, 4) is 5.75 Å². The Morgan fingerprint density at radius 2 is 2.00 bits per heavy atom. The molecule has 0 unspecified atom stereocenters. The van der Waals surface area contributed by atoms with Gasteiger partial charge in [0.2, 0.25) is 10.0 Å². The Morgan fingerprint density at radius 1 is 1.20 bits per heavy atom. The first kappa shape index (κ1) is 22.0. The Labute approximate surface area is 177 Å². The Hall–Kier alpha value is -2.71. The van der Waals surface area contributed by atoms with E-state index in [2.05, 4.69) is 21.6 Å². The number of nitrogens with one attached hydrogen (secondary N) is 2. The minimum atomic E-state index is -3.72. The Balaban J connectivity index is 1.70. The number of benzene rings is 1. The van der Waals surface area contributed by atoms with E-state index in [1.54, 1.807) is 24.4 Å². The molecule has 0 bridgehead atoms. The molecule has 7 nitrogen and oxygen atoms in total. The molecule has 1 aliphatic rings. The van der Waals surface area contributed by atoms with Crippen molar-refractivity contribution in [2.24, 2.45) is 5.92 Å². The summed E-state index contributed by atoms with van der Waals surface area (Å²) in [4.78, 5) is 17.0. The van der Waals surface area contributed by atoms with E-state index in [1.165, 1.54) is 43.5 Å². The summed E-state index contributed by atoms with van der Waals surface area (Å²) in [7, 11) is -3.72. The Kier molecular flexibility index (Phi) is 7.59. The molecule has 0 saturated heterocycles. The van der Waals surface area contributed by atoms with Gasteiger partial charge in [0, 0.05) is 18.3 Å². The van der Waals surface area contributed by atoms with Crippen molar-refractivity contribution in [3.63, 3.8) is 0 Å². The predicted molar refractivity (Wildman–Crippen MR) is 116 cm³/mol. The number of carbonyl (C=O) groups is 1. The van der Waals surface area contributed by atoms with Gasteiger partial charge in [0.25, 0.3) is 5.91 Å². The molecule has 0 aliphatic heterocycles. The van der Waals surface area contributed by atoms with Crippen LogP contribution in [0.5, 0.6) is 5.75 Å². The van der Waals surface area contributed by atoms with E-state index in [0.29, 0.717) is 24.1 Å². The number of rotatable bonds is 9. The van der Waals surface area contributed by atoms with E-state index in [9.17, 15) is 13.2 Å². The monoisotopic (exact) mass is 429 g/mol. The molecule has 2 N–H and O–H groups in total. The van der Waals surface area contributed by atoms with E-state index in [4.69, 9.17) is 4.74 Å². The van der Waals surface area contributed by atoms with Crippen LogP contribution >= 0.6 is 0 Å². The maximum Gasteiger partial charge on any atom is 0.256 e. The van der Waals surface area contributed by atoms with Crippen LogP contribution in [0, 0.1) is 5.92 Å². The lowest BCUT2D eigenvalue weighted by atomic mass is 9.90. The first-order valence-corrected chi connectivity index (χ1v) is 11.6. The lowest BCUT2D eigenvalue weighted by Gasteiger charge is -2.22. The molecular weight excluding hydrogens is 402 g/mol. The molecule has 160 valence electrons. The molecule has 0 spiro atoms. The van der Waals surface area contributed by atoms with E-state index in [-0.39, 0.29) is 17.0 Å². The molecule has 1 aliphatic carbocycles. The van der Waals surface area contributed by atoms with Gasteiger partial charge in [-0.3, -0.25) is 4.79 Å². The van der Waals surface area contributed by atoms with Crippen LogP contribution in [-0.2, 0) is 10.0 Å². The van der Waals surface area contributed by atoms with Crippen molar-refractivity contribution in [2.75, 3.05) is 18.5 Å². The van der Waals surface area contributed by atoms with Gasteiger partial charge >= 0.3 is 0 Å². The molecule has 8 heteroatoms. The van der Waals surface area contributed by atoms with Gasteiger partial charge < -0.3 is 10.1 Å². The third-order valence-corrected chi connectivity index (χ3v) is 6.45. The molecule has 1 aromatic carbocycles. The number of sulfonamides is 1. The molecule has 0 atom stereocenters. The summed E-state index contributed by atoms with van der Waals surface area (Å²) in [6.07, 6.45) is 9.07. The summed E-state index contributed by atoms with van der Waals surface area (Å²) in [6.45, 7) is 4.19. The fraction of sp³-hybridized carbons (Fsp3) is 0.364. The molecule has 1 fully saturated rings. The zero-order chi connectivity index (χ0) is 21.4. The van der Waals surface area contributed by atoms with Crippen molar-refractivity contribution in [1.82, 2.24) is 9.71 Å². The van der Waals surface area contributed by atoms with Crippen molar-refractivity contribution < 1.29 is 17.9 Å². The van der Waals surface area contributed by atoms with Gasteiger partial charge in [-0.1, -0.05) is 31.4 Å². The van der Waals surface area contributed by atoms with Crippen LogP contribution in [0.1, 0.15) is 42.5 Å². The van der Waals surface area contributed by atoms with Crippen LogP contribution in [0.15, 0.2) is 60.1 Å². The second-order valence-electron chi connectivity index (χ2n) is 7.29. The standard InChI is InChI=1S/C22H27N3O4S/c1-2-13-24-30(27,28)19-11-6-10-18(15-19)22(26)25-21-20(12-7-14-23-21)29-16-17-8-4-3-5-9-17/h2,6-7,10-12,14-15,17,24H,1,3-5,8-9,13,16H2,(H,23,25,26). The quantitative estimate of drug-likeness (QED) is 0.592. The zero-order valence-electron chi connectivity index (χ0n) is 16.8. The summed E-state index contributed by atoms with van der Waals surface area (Å²) in [5.41, 5.74) is 0.209. The Morgan fingerprint density at radius 3 is 2.77 bits per heavy atom. The molecule has 0 radical (unpaired) electrons. The smallest absolute Gasteiger partial charge is 0.256 e. The van der Waals surface area contributed by atoms with Crippen LogP contribution in [0.2, 0.25) is 0 Å². The summed E-state index contributed by atoms with van der Waals surface area (Å²) in [6, 6.07) is 9.35. The van der Waals surface area contributed by atoms with Crippen molar-refractivity contribution in [2.45, 2.75) is 37.0 Å². The minimum absolute atomic E-state index is 0.00629. The van der Waals surface area contributed by atoms with Gasteiger partial charge in [-0.25, -0.2) is 18.1 Å². The first-order valence-electron chi connectivity index (χ1n) is 10.1. The highest BCUT2D eigenvalue weighted by Gasteiger charge is 2.18. The van der Waals surface area contributed by atoms with Crippen molar-refractivity contribution >= 4 is 21.7 Å². The number of hydrogen-bond acceptors (Lipinski definition) is 5. The van der Waals surface area contributed by atoms with Crippen molar-refractivity contribution in [3.05, 3.63) is 60.8 Å². The van der Waals surface area contributed by atoms with Crippen LogP contribution in [0.4, 0.5) is 5.82 Å². The van der Waals surface area contributed by atoms with Crippen molar-refractivity contribution in [1.29, 1.82) is 0 Å². The second kappa shape index (κ2) is 10.4. The number of ether oxygens (including phenoxy) is 1. The third kappa shape index (κ3) is 5.90. The van der Waals surface area contributed by atoms with Gasteiger partial charge in [-0.15, -0.1) is 6.58 Å². The predicted octanol–water partition coefficient (Wildman–Crippen LogP) is 3.76. The SMILES string of the molecule is C=CCNS(=O)(=O)c1cccc(C(=O)Nc2ncccc2OCC2CCCCC2)c1. The molecule has 1 amide bonds. The number of anilines is 1. The molecule has 1 heterocycles. The normalized spacial score (nSPS) is 14.8. The summed E-state index contributed by atoms with van der Waals surface area (Å²) < 4.78 is 32.9. The number of nitrogens with zero attached hydrogens (tertiary/aromatic N) is 1. The van der Waals surface area contributed by atoms with Gasteiger partial charge in [0.1, 0.15) is 0 Å². The van der Waals surface area contributed by atoms with Gasteiger partial charge in [-0.2, -0.15) is 0 Å². The van der Waals surface area contributed by atoms with E-state index in [1.807, 2.05) is 0 Å². The molecule has 1 saturated carbocycles. The second-order valence-corrected chi connectivity index (χ2v) is 9.05. The third-order valence-electron chi connectivity index (χ3n) is 5.03. The number of pyridine rings is 1. The van der Waals surface area contributed by atoms with Crippen LogP contribution in [0.25, 0.3) is 0 Å². The maximum absolute atomic E-state index is 12.7. The maximum atomic E-state index is 12.7. The summed E-state index contributed by atoms with van der Waals surface area (Å²) >= 11 is 0. The molecule has 3 rings (SSSR count). The highest BCUT2D eigenvalue weighted by molar-refractivity contribution is 7.89. The molecule has 30 heavy (non-hydrogen) atoms. The highest BCUT2D eigenvalue weighted by atomic mass is 32.2. The molecule has 1 aromatic heterocycles. The van der Waals surface area contributed by atoms with E-state index in [0.717, 1.165) is 12.8 Å². The van der Waals surface area contributed by atoms with E-state index >= 15 is 0 Å². The van der Waals surface area contributed by atoms with Gasteiger partial charge in [-0.05, 0) is 49.1 Å². The molecule has 2 aromatic rings. The zero-order valence-corrected chi connectivity index (χ0v) is 17.7. The number of amides is 1. The van der Waals surface area contributed by atoms with Gasteiger partial charge in [0.15, 0.2) is 11.6 Å². The fourth-order valence-corrected chi connectivity index (χ4v) is 4.44. The fourth-order valence-electron chi connectivity index (χ4n) is 3.40. The van der Waals surface area contributed by atoms with Crippen LogP contribution in [0.3, 0.4) is 0 Å².